The molecule has 1 aromatic rings. The van der Waals surface area contributed by atoms with Crippen molar-refractivity contribution in [1.82, 2.24) is 15.5 Å². The van der Waals surface area contributed by atoms with Crippen molar-refractivity contribution >= 4 is 0 Å². The molecule has 0 bridgehead atoms. The summed E-state index contributed by atoms with van der Waals surface area (Å²) in [6.45, 7) is 7.30. The monoisotopic (exact) mass is 235 g/mol. The summed E-state index contributed by atoms with van der Waals surface area (Å²) in [5.41, 5.74) is 0. The van der Waals surface area contributed by atoms with Gasteiger partial charge in [0.2, 0.25) is 5.89 Å². The van der Waals surface area contributed by atoms with E-state index in [1.54, 1.807) is 0 Å². The molecule has 1 fully saturated rings. The average molecular weight is 235 g/mol. The number of hydrogen-bond acceptors (Lipinski definition) is 4. The second-order valence-electron chi connectivity index (χ2n) is 4.75. The highest BCUT2D eigenvalue weighted by Gasteiger charge is 2.28. The molecule has 1 heterocycles. The van der Waals surface area contributed by atoms with E-state index in [9.17, 15) is 0 Å². The first-order valence-corrected chi connectivity index (χ1v) is 6.47. The minimum atomic E-state index is 0.511. The number of hydrogen-bond donors (Lipinski definition) is 1. The van der Waals surface area contributed by atoms with Crippen LogP contribution in [0.1, 0.15) is 50.2 Å². The van der Waals surface area contributed by atoms with Gasteiger partial charge in [-0.1, -0.05) is 24.6 Å². The van der Waals surface area contributed by atoms with Gasteiger partial charge >= 0.3 is 0 Å². The predicted molar refractivity (Wildman–Crippen MR) is 66.6 cm³/mol. The van der Waals surface area contributed by atoms with Crippen LogP contribution in [0, 0.1) is 5.92 Å². The highest BCUT2D eigenvalue weighted by molar-refractivity contribution is 4.99. The third-order valence-corrected chi connectivity index (χ3v) is 3.53. The average Bonchev–Trinajstić information content (AvgIpc) is 2.97. The van der Waals surface area contributed by atoms with Crippen LogP contribution in [-0.2, 0) is 6.54 Å². The summed E-state index contributed by atoms with van der Waals surface area (Å²) in [4.78, 5) is 4.46. The van der Waals surface area contributed by atoms with Gasteiger partial charge in [-0.25, -0.2) is 0 Å². The summed E-state index contributed by atoms with van der Waals surface area (Å²) in [5, 5.41) is 7.25. The summed E-state index contributed by atoms with van der Waals surface area (Å²) < 4.78 is 5.23. The molecule has 0 aromatic carbocycles. The molecule has 1 saturated carbocycles. The smallest absolute Gasteiger partial charge is 0.240 e. The second kappa shape index (κ2) is 5.96. The van der Waals surface area contributed by atoms with Gasteiger partial charge in [0, 0.05) is 12.5 Å². The van der Waals surface area contributed by atoms with Gasteiger partial charge in [0.1, 0.15) is 0 Å². The quantitative estimate of drug-likeness (QED) is 0.608. The lowest BCUT2D eigenvalue weighted by Crippen LogP contribution is -2.12. The van der Waals surface area contributed by atoms with Crippen LogP contribution in [0.3, 0.4) is 0 Å². The SMILES string of the molecule is C=CCNCc1nc(C2CCC(CC)C2)no1. The van der Waals surface area contributed by atoms with Crippen LogP contribution < -0.4 is 5.32 Å². The van der Waals surface area contributed by atoms with Crippen molar-refractivity contribution in [2.24, 2.45) is 5.92 Å². The van der Waals surface area contributed by atoms with Crippen molar-refractivity contribution in [3.8, 4) is 0 Å². The third-order valence-electron chi connectivity index (χ3n) is 3.53. The molecule has 1 aliphatic rings. The van der Waals surface area contributed by atoms with Crippen LogP contribution in [0.4, 0.5) is 0 Å². The molecular formula is C13H21N3O. The lowest BCUT2D eigenvalue weighted by Gasteiger charge is -2.04. The molecule has 2 unspecified atom stereocenters. The van der Waals surface area contributed by atoms with Crippen LogP contribution in [0.2, 0.25) is 0 Å². The lowest BCUT2D eigenvalue weighted by molar-refractivity contribution is 0.361. The molecule has 0 amide bonds. The molecular weight excluding hydrogens is 214 g/mol. The molecule has 2 rings (SSSR count). The van der Waals surface area contributed by atoms with Crippen LogP contribution in [0.5, 0.6) is 0 Å². The number of aromatic nitrogens is 2. The molecule has 4 heteroatoms. The van der Waals surface area contributed by atoms with Gasteiger partial charge in [-0.2, -0.15) is 4.98 Å². The van der Waals surface area contributed by atoms with E-state index >= 15 is 0 Å². The van der Waals surface area contributed by atoms with Crippen molar-refractivity contribution < 1.29 is 4.52 Å². The summed E-state index contributed by atoms with van der Waals surface area (Å²) in [7, 11) is 0. The zero-order chi connectivity index (χ0) is 12.1. The van der Waals surface area contributed by atoms with E-state index in [2.05, 4.69) is 29.0 Å². The zero-order valence-electron chi connectivity index (χ0n) is 10.5. The van der Waals surface area contributed by atoms with Crippen molar-refractivity contribution in [3.05, 3.63) is 24.4 Å². The van der Waals surface area contributed by atoms with E-state index in [4.69, 9.17) is 4.52 Å². The molecule has 1 aliphatic carbocycles. The maximum absolute atomic E-state index is 5.23. The minimum Gasteiger partial charge on any atom is -0.338 e. The van der Waals surface area contributed by atoms with E-state index < -0.39 is 0 Å². The molecule has 1 N–H and O–H groups in total. The van der Waals surface area contributed by atoms with Crippen LogP contribution in [-0.4, -0.2) is 16.7 Å². The first-order valence-electron chi connectivity index (χ1n) is 6.47. The van der Waals surface area contributed by atoms with Gasteiger partial charge in [0.15, 0.2) is 5.82 Å². The Labute approximate surface area is 102 Å². The Morgan fingerprint density at radius 3 is 3.12 bits per heavy atom. The fraction of sp³-hybridized carbons (Fsp3) is 0.692. The van der Waals surface area contributed by atoms with Gasteiger partial charge in [0.05, 0.1) is 6.54 Å². The van der Waals surface area contributed by atoms with Gasteiger partial charge in [-0.05, 0) is 25.2 Å². The van der Waals surface area contributed by atoms with Gasteiger partial charge < -0.3 is 9.84 Å². The Bertz CT molecular complexity index is 361. The molecule has 0 aliphatic heterocycles. The Kier molecular flexibility index (Phi) is 4.31. The number of nitrogens with zero attached hydrogens (tertiary/aromatic N) is 2. The highest BCUT2D eigenvalue weighted by atomic mass is 16.5. The Balaban J connectivity index is 1.87. The standard InChI is InChI=1S/C13H21N3O/c1-3-7-14-9-12-15-13(16-17-12)11-6-5-10(4-2)8-11/h3,10-11,14H,1,4-9H2,2H3. The first kappa shape index (κ1) is 12.3. The molecule has 2 atom stereocenters. The molecule has 17 heavy (non-hydrogen) atoms. The van der Waals surface area contributed by atoms with Crippen molar-refractivity contribution in [2.75, 3.05) is 6.54 Å². The van der Waals surface area contributed by atoms with E-state index in [1.165, 1.54) is 25.7 Å². The largest absolute Gasteiger partial charge is 0.338 e. The molecule has 0 saturated heterocycles. The molecule has 1 aromatic heterocycles. The minimum absolute atomic E-state index is 0.511. The first-order chi connectivity index (χ1) is 8.33. The highest BCUT2D eigenvalue weighted by Crippen LogP contribution is 2.38. The maximum Gasteiger partial charge on any atom is 0.240 e. The van der Waals surface area contributed by atoms with Crippen molar-refractivity contribution in [2.45, 2.75) is 45.1 Å². The van der Waals surface area contributed by atoms with Gasteiger partial charge in [0.25, 0.3) is 0 Å². The molecule has 4 nitrogen and oxygen atoms in total. The van der Waals surface area contributed by atoms with E-state index in [1.807, 2.05) is 6.08 Å². The third kappa shape index (κ3) is 3.16. The molecule has 0 radical (unpaired) electrons. The lowest BCUT2D eigenvalue weighted by atomic mass is 10.0. The Hall–Kier alpha value is -1.16. The summed E-state index contributed by atoms with van der Waals surface area (Å²) in [6, 6.07) is 0. The van der Waals surface area contributed by atoms with Crippen molar-refractivity contribution in [1.29, 1.82) is 0 Å². The topological polar surface area (TPSA) is 51.0 Å². The van der Waals surface area contributed by atoms with E-state index in [0.717, 1.165) is 18.3 Å². The van der Waals surface area contributed by atoms with Crippen molar-refractivity contribution in [3.63, 3.8) is 0 Å². The zero-order valence-corrected chi connectivity index (χ0v) is 10.5. The normalized spacial score (nSPS) is 24.1. The fourth-order valence-electron chi connectivity index (χ4n) is 2.47. The van der Waals surface area contributed by atoms with Crippen LogP contribution >= 0.6 is 0 Å². The maximum atomic E-state index is 5.23. The van der Waals surface area contributed by atoms with Crippen LogP contribution in [0.15, 0.2) is 17.2 Å². The Morgan fingerprint density at radius 1 is 1.53 bits per heavy atom. The molecule has 94 valence electrons. The fourth-order valence-corrected chi connectivity index (χ4v) is 2.47. The van der Waals surface area contributed by atoms with E-state index in [-0.39, 0.29) is 0 Å². The summed E-state index contributed by atoms with van der Waals surface area (Å²) in [6.07, 6.45) is 6.81. The molecule has 0 spiro atoms. The summed E-state index contributed by atoms with van der Waals surface area (Å²) in [5.74, 6) is 2.94. The van der Waals surface area contributed by atoms with Crippen LogP contribution in [0.25, 0.3) is 0 Å². The van der Waals surface area contributed by atoms with Gasteiger partial charge in [-0.15, -0.1) is 6.58 Å². The number of rotatable bonds is 6. The van der Waals surface area contributed by atoms with Gasteiger partial charge in [-0.3, -0.25) is 0 Å². The van der Waals surface area contributed by atoms with E-state index in [0.29, 0.717) is 18.4 Å². The summed E-state index contributed by atoms with van der Waals surface area (Å²) >= 11 is 0. The predicted octanol–water partition coefficient (Wildman–Crippen LogP) is 2.64. The Morgan fingerprint density at radius 2 is 2.41 bits per heavy atom. The second-order valence-corrected chi connectivity index (χ2v) is 4.75. The number of nitrogens with one attached hydrogen (secondary N) is 1.